The molecule has 31 heavy (non-hydrogen) atoms. The molecule has 0 N–H and O–H groups in total. The molecular formula is C23H26N4O3S. The van der Waals surface area contributed by atoms with Crippen molar-refractivity contribution in [3.63, 3.8) is 0 Å². The van der Waals surface area contributed by atoms with Gasteiger partial charge in [-0.25, -0.2) is 4.98 Å². The second-order valence-corrected chi connectivity index (χ2v) is 8.28. The number of aryl methyl sites for hydroxylation is 1. The van der Waals surface area contributed by atoms with E-state index in [2.05, 4.69) is 16.0 Å². The first-order valence-electron chi connectivity index (χ1n) is 10.2. The van der Waals surface area contributed by atoms with Gasteiger partial charge in [0.25, 0.3) is 0 Å². The number of ether oxygens (including phenoxy) is 1. The summed E-state index contributed by atoms with van der Waals surface area (Å²) in [5.41, 5.74) is 1.35. The fourth-order valence-corrected chi connectivity index (χ4v) is 4.29. The van der Waals surface area contributed by atoms with E-state index in [1.165, 1.54) is 18.7 Å². The number of benzene rings is 1. The number of nitrogens with zero attached hydrogens (tertiary/aromatic N) is 4. The number of pyridine rings is 1. The third-order valence-electron chi connectivity index (χ3n) is 5.15. The fourth-order valence-electron chi connectivity index (χ4n) is 3.38. The number of Topliss-reactive ketones (excluding diaryl/α,β-unsaturated/α-hetero) is 1. The molecule has 1 aromatic carbocycles. The van der Waals surface area contributed by atoms with E-state index in [0.717, 1.165) is 25.4 Å². The smallest absolute Gasteiger partial charge is 0.233 e. The van der Waals surface area contributed by atoms with E-state index >= 15 is 0 Å². The van der Waals surface area contributed by atoms with Crippen LogP contribution >= 0.6 is 11.8 Å². The molecule has 0 aliphatic carbocycles. The zero-order valence-corrected chi connectivity index (χ0v) is 18.7. The second kappa shape index (κ2) is 10.9. The molecule has 0 bridgehead atoms. The molecule has 2 aromatic rings. The maximum atomic E-state index is 12.6. The van der Waals surface area contributed by atoms with Crippen LogP contribution in [0.3, 0.4) is 0 Å². The first-order valence-corrected chi connectivity index (χ1v) is 11.2. The molecule has 1 aliphatic heterocycles. The van der Waals surface area contributed by atoms with Crippen molar-refractivity contribution in [1.82, 2.24) is 14.8 Å². The van der Waals surface area contributed by atoms with Gasteiger partial charge in [-0.05, 0) is 32.0 Å². The van der Waals surface area contributed by atoms with Crippen LogP contribution in [0.25, 0.3) is 0 Å². The van der Waals surface area contributed by atoms with Gasteiger partial charge in [0.2, 0.25) is 5.91 Å². The minimum atomic E-state index is -0.124. The third kappa shape index (κ3) is 6.29. The Morgan fingerprint density at radius 2 is 1.90 bits per heavy atom. The van der Waals surface area contributed by atoms with Crippen molar-refractivity contribution in [2.75, 3.05) is 45.1 Å². The molecule has 2 heterocycles. The van der Waals surface area contributed by atoms with Crippen LogP contribution in [0, 0.1) is 18.3 Å². The molecule has 162 valence electrons. The van der Waals surface area contributed by atoms with Gasteiger partial charge in [-0.15, -0.1) is 0 Å². The zero-order valence-electron chi connectivity index (χ0n) is 17.8. The number of hydrogen-bond donors (Lipinski definition) is 0. The highest BCUT2D eigenvalue weighted by atomic mass is 32.2. The Bertz CT molecular complexity index is 967. The minimum absolute atomic E-state index is 0.0316. The number of ketones is 1. The van der Waals surface area contributed by atoms with Gasteiger partial charge in [0.1, 0.15) is 23.5 Å². The number of nitriles is 1. The van der Waals surface area contributed by atoms with E-state index in [1.807, 2.05) is 35.2 Å². The molecule has 1 aliphatic rings. The summed E-state index contributed by atoms with van der Waals surface area (Å²) < 4.78 is 5.75. The van der Waals surface area contributed by atoms with Crippen molar-refractivity contribution < 1.29 is 14.3 Å². The van der Waals surface area contributed by atoms with E-state index < -0.39 is 0 Å². The molecule has 1 aromatic heterocycles. The Morgan fingerprint density at radius 3 is 2.55 bits per heavy atom. The molecule has 1 saturated heterocycles. The van der Waals surface area contributed by atoms with Gasteiger partial charge in [0, 0.05) is 44.0 Å². The molecule has 1 fully saturated rings. The van der Waals surface area contributed by atoms with E-state index in [1.54, 1.807) is 13.0 Å². The predicted octanol–water partition coefficient (Wildman–Crippen LogP) is 2.78. The highest BCUT2D eigenvalue weighted by molar-refractivity contribution is 8.00. The maximum absolute atomic E-state index is 12.6. The van der Waals surface area contributed by atoms with Crippen molar-refractivity contribution in [2.45, 2.75) is 18.9 Å². The van der Waals surface area contributed by atoms with Crippen LogP contribution in [-0.4, -0.2) is 71.6 Å². The van der Waals surface area contributed by atoms with Gasteiger partial charge in [-0.3, -0.25) is 14.5 Å². The number of para-hydroxylation sites is 1. The molecule has 0 spiro atoms. The summed E-state index contributed by atoms with van der Waals surface area (Å²) in [6.45, 7) is 7.59. The zero-order chi connectivity index (χ0) is 22.2. The van der Waals surface area contributed by atoms with Gasteiger partial charge in [-0.2, -0.15) is 5.26 Å². The Balaban J connectivity index is 1.44. The van der Waals surface area contributed by atoms with Crippen molar-refractivity contribution in [3.05, 3.63) is 53.2 Å². The number of amides is 1. The normalized spacial score (nSPS) is 14.2. The van der Waals surface area contributed by atoms with Gasteiger partial charge in [0.05, 0.1) is 11.3 Å². The highest BCUT2D eigenvalue weighted by Crippen LogP contribution is 2.23. The van der Waals surface area contributed by atoms with Crippen LogP contribution in [0.15, 0.2) is 41.4 Å². The second-order valence-electron chi connectivity index (χ2n) is 7.31. The average molecular weight is 439 g/mol. The summed E-state index contributed by atoms with van der Waals surface area (Å²) in [6, 6.07) is 13.4. The lowest BCUT2D eigenvalue weighted by atomic mass is 10.1. The first kappa shape index (κ1) is 22.8. The van der Waals surface area contributed by atoms with Gasteiger partial charge in [0.15, 0.2) is 5.78 Å². The highest BCUT2D eigenvalue weighted by Gasteiger charge is 2.22. The lowest BCUT2D eigenvalue weighted by Gasteiger charge is -2.34. The molecule has 8 heteroatoms. The Morgan fingerprint density at radius 1 is 1.19 bits per heavy atom. The van der Waals surface area contributed by atoms with E-state index in [9.17, 15) is 14.9 Å². The van der Waals surface area contributed by atoms with Crippen LogP contribution in [0.2, 0.25) is 0 Å². The number of hydrogen-bond acceptors (Lipinski definition) is 7. The van der Waals surface area contributed by atoms with Crippen LogP contribution in [-0.2, 0) is 4.79 Å². The Kier molecular flexibility index (Phi) is 8.04. The number of piperazine rings is 1. The topological polar surface area (TPSA) is 86.5 Å². The molecule has 0 radical (unpaired) electrons. The van der Waals surface area contributed by atoms with Gasteiger partial charge >= 0.3 is 0 Å². The summed E-state index contributed by atoms with van der Waals surface area (Å²) in [5.74, 6) is 0.994. The number of carbonyl (C=O) groups excluding carboxylic acids is 2. The molecule has 0 unspecified atom stereocenters. The van der Waals surface area contributed by atoms with Crippen LogP contribution < -0.4 is 4.74 Å². The monoisotopic (exact) mass is 438 g/mol. The number of carbonyl (C=O) groups is 2. The fraction of sp³-hybridized carbons (Fsp3) is 0.391. The number of aromatic nitrogens is 1. The lowest BCUT2D eigenvalue weighted by Crippen LogP contribution is -2.50. The molecular weight excluding hydrogens is 412 g/mol. The van der Waals surface area contributed by atoms with Crippen LogP contribution in [0.1, 0.15) is 28.5 Å². The van der Waals surface area contributed by atoms with E-state index in [0.29, 0.717) is 41.5 Å². The molecule has 3 rings (SSSR count). The average Bonchev–Trinajstić information content (AvgIpc) is 2.78. The molecule has 0 saturated carbocycles. The summed E-state index contributed by atoms with van der Waals surface area (Å²) in [5, 5.41) is 9.87. The van der Waals surface area contributed by atoms with Crippen molar-refractivity contribution in [3.8, 4) is 11.8 Å². The Labute approximate surface area is 187 Å². The standard InChI is InChI=1S/C23H26N4O3S/c1-17-21(18(2)28)14-19(15-24)23(25-17)31-16-22(29)27-10-8-26(9-11-27)12-13-30-20-6-4-3-5-7-20/h3-7,14H,8-13,16H2,1-2H3. The molecule has 0 atom stereocenters. The quantitative estimate of drug-likeness (QED) is 0.463. The lowest BCUT2D eigenvalue weighted by molar-refractivity contribution is -0.130. The largest absolute Gasteiger partial charge is 0.492 e. The van der Waals surface area contributed by atoms with Crippen molar-refractivity contribution in [2.24, 2.45) is 0 Å². The van der Waals surface area contributed by atoms with E-state index in [4.69, 9.17) is 4.74 Å². The predicted molar refractivity (Wildman–Crippen MR) is 119 cm³/mol. The van der Waals surface area contributed by atoms with Gasteiger partial charge < -0.3 is 9.64 Å². The first-order chi connectivity index (χ1) is 15.0. The van der Waals surface area contributed by atoms with E-state index in [-0.39, 0.29) is 17.4 Å². The summed E-state index contributed by atoms with van der Waals surface area (Å²) in [7, 11) is 0. The van der Waals surface area contributed by atoms with Crippen molar-refractivity contribution in [1.29, 1.82) is 5.26 Å². The summed E-state index contributed by atoms with van der Waals surface area (Å²) in [6.07, 6.45) is 0. The van der Waals surface area contributed by atoms with Crippen LogP contribution in [0.5, 0.6) is 5.75 Å². The van der Waals surface area contributed by atoms with Crippen molar-refractivity contribution >= 4 is 23.5 Å². The molecule has 1 amide bonds. The SMILES string of the molecule is CC(=O)c1cc(C#N)c(SCC(=O)N2CCN(CCOc3ccccc3)CC2)nc1C. The number of thioether (sulfide) groups is 1. The summed E-state index contributed by atoms with van der Waals surface area (Å²) in [4.78, 5) is 32.8. The summed E-state index contributed by atoms with van der Waals surface area (Å²) >= 11 is 1.25. The number of rotatable bonds is 8. The Hall–Kier alpha value is -2.89. The van der Waals surface area contributed by atoms with Crippen LogP contribution in [0.4, 0.5) is 0 Å². The third-order valence-corrected chi connectivity index (χ3v) is 6.13. The maximum Gasteiger partial charge on any atom is 0.233 e. The van der Waals surface area contributed by atoms with Gasteiger partial charge in [-0.1, -0.05) is 30.0 Å². The molecule has 7 nitrogen and oxygen atoms in total. The minimum Gasteiger partial charge on any atom is -0.492 e.